The molecule has 0 bridgehead atoms. The van der Waals surface area contributed by atoms with E-state index in [0.29, 0.717) is 12.8 Å². The van der Waals surface area contributed by atoms with Crippen molar-refractivity contribution in [3.05, 3.63) is 0 Å². The van der Waals surface area contributed by atoms with E-state index in [-0.39, 0.29) is 12.1 Å². The maximum Gasteiger partial charge on any atom is 0.305 e. The lowest BCUT2D eigenvalue weighted by Gasteiger charge is -2.09. The molecule has 0 rings (SSSR count). The molecule has 192 valence electrons. The van der Waals surface area contributed by atoms with Gasteiger partial charge < -0.3 is 9.84 Å². The highest BCUT2D eigenvalue weighted by atomic mass is 16.5. The smallest absolute Gasteiger partial charge is 0.305 e. The Morgan fingerprint density at radius 3 is 1.22 bits per heavy atom. The molecule has 0 saturated heterocycles. The molecular weight excluding hydrogens is 396 g/mol. The number of esters is 1. The summed E-state index contributed by atoms with van der Waals surface area (Å²) in [4.78, 5) is 11.0. The van der Waals surface area contributed by atoms with Crippen molar-refractivity contribution in [3.8, 4) is 0 Å². The lowest BCUT2D eigenvalue weighted by molar-refractivity contribution is -0.140. The molecular formula is C29H58O3. The zero-order valence-electron chi connectivity index (χ0n) is 22.0. The maximum atomic E-state index is 11.0. The van der Waals surface area contributed by atoms with Gasteiger partial charge in [-0.25, -0.2) is 0 Å². The Kier molecular flexibility index (Phi) is 26.2. The first kappa shape index (κ1) is 31.4. The molecule has 0 heterocycles. The molecule has 32 heavy (non-hydrogen) atoms. The number of hydrogen-bond donors (Lipinski definition) is 1. The lowest BCUT2D eigenvalue weighted by atomic mass is 10.0. The predicted octanol–water partition coefficient (Wildman–Crippen LogP) is 9.29. The molecule has 1 N–H and O–H groups in total. The van der Waals surface area contributed by atoms with Gasteiger partial charge in [0.25, 0.3) is 0 Å². The molecule has 0 aromatic heterocycles. The van der Waals surface area contributed by atoms with Crippen molar-refractivity contribution >= 4 is 5.97 Å². The van der Waals surface area contributed by atoms with Gasteiger partial charge in [-0.05, 0) is 19.3 Å². The number of carbonyl (C=O) groups excluding carboxylic acids is 1. The summed E-state index contributed by atoms with van der Waals surface area (Å²) >= 11 is 0. The van der Waals surface area contributed by atoms with E-state index in [0.717, 1.165) is 19.3 Å². The Labute approximate surface area is 201 Å². The molecule has 1 atom stereocenters. The van der Waals surface area contributed by atoms with E-state index in [4.69, 9.17) is 0 Å². The van der Waals surface area contributed by atoms with Crippen molar-refractivity contribution in [2.24, 2.45) is 0 Å². The van der Waals surface area contributed by atoms with Crippen molar-refractivity contribution < 1.29 is 14.6 Å². The summed E-state index contributed by atoms with van der Waals surface area (Å²) in [5, 5.41) is 9.94. The second-order valence-electron chi connectivity index (χ2n) is 9.98. The molecule has 0 saturated carbocycles. The SMILES string of the molecule is CCCCCCCCCCCCCCCCCCCCCCC[C@H](O)CCCC(=O)OC. The number of aliphatic hydroxyl groups excluding tert-OH is 1. The van der Waals surface area contributed by atoms with Crippen LogP contribution < -0.4 is 0 Å². The number of hydrogen-bond acceptors (Lipinski definition) is 3. The van der Waals surface area contributed by atoms with Crippen molar-refractivity contribution in [3.63, 3.8) is 0 Å². The minimum absolute atomic E-state index is 0.175. The van der Waals surface area contributed by atoms with Crippen LogP contribution in [0.4, 0.5) is 0 Å². The summed E-state index contributed by atoms with van der Waals surface area (Å²) in [5.74, 6) is -0.175. The molecule has 0 unspecified atom stereocenters. The van der Waals surface area contributed by atoms with E-state index < -0.39 is 0 Å². The van der Waals surface area contributed by atoms with Crippen molar-refractivity contribution in [2.45, 2.75) is 174 Å². The van der Waals surface area contributed by atoms with Crippen molar-refractivity contribution in [1.29, 1.82) is 0 Å². The Bertz CT molecular complexity index is 369. The molecule has 0 amide bonds. The van der Waals surface area contributed by atoms with Crippen LogP contribution in [-0.4, -0.2) is 24.3 Å². The summed E-state index contributed by atoms with van der Waals surface area (Å²) in [7, 11) is 1.42. The largest absolute Gasteiger partial charge is 0.469 e. The minimum Gasteiger partial charge on any atom is -0.469 e. The van der Waals surface area contributed by atoms with E-state index in [2.05, 4.69) is 11.7 Å². The fourth-order valence-corrected chi connectivity index (χ4v) is 4.54. The molecule has 0 fully saturated rings. The fourth-order valence-electron chi connectivity index (χ4n) is 4.54. The summed E-state index contributed by atoms with van der Waals surface area (Å²) in [6, 6.07) is 0. The van der Waals surface area contributed by atoms with E-state index in [9.17, 15) is 9.90 Å². The van der Waals surface area contributed by atoms with Gasteiger partial charge in [0, 0.05) is 6.42 Å². The topological polar surface area (TPSA) is 46.5 Å². The van der Waals surface area contributed by atoms with E-state index in [1.54, 1.807) is 0 Å². The quantitative estimate of drug-likeness (QED) is 0.105. The molecule has 0 aliphatic heterocycles. The van der Waals surface area contributed by atoms with Crippen molar-refractivity contribution in [1.82, 2.24) is 0 Å². The molecule has 0 spiro atoms. The van der Waals surface area contributed by atoms with Crippen LogP contribution in [0.5, 0.6) is 0 Å². The van der Waals surface area contributed by atoms with Gasteiger partial charge in [0.2, 0.25) is 0 Å². The van der Waals surface area contributed by atoms with E-state index >= 15 is 0 Å². The first-order valence-electron chi connectivity index (χ1n) is 14.5. The van der Waals surface area contributed by atoms with Gasteiger partial charge in [-0.3, -0.25) is 4.79 Å². The predicted molar refractivity (Wildman–Crippen MR) is 139 cm³/mol. The Hall–Kier alpha value is -0.570. The second kappa shape index (κ2) is 26.7. The summed E-state index contributed by atoms with van der Waals surface area (Å²) < 4.78 is 4.62. The molecule has 0 aliphatic rings. The monoisotopic (exact) mass is 454 g/mol. The normalized spacial score (nSPS) is 12.2. The highest BCUT2D eigenvalue weighted by molar-refractivity contribution is 5.68. The number of carbonyl (C=O) groups is 1. The van der Waals surface area contributed by atoms with Crippen LogP contribution in [0.25, 0.3) is 0 Å². The molecule has 0 aromatic rings. The average Bonchev–Trinajstić information content (AvgIpc) is 2.79. The van der Waals surface area contributed by atoms with Crippen LogP contribution in [0.15, 0.2) is 0 Å². The third-order valence-corrected chi connectivity index (χ3v) is 6.79. The zero-order valence-corrected chi connectivity index (χ0v) is 22.0. The molecule has 0 aliphatic carbocycles. The Balaban J connectivity index is 3.11. The number of unbranched alkanes of at least 4 members (excludes halogenated alkanes) is 20. The van der Waals surface area contributed by atoms with Gasteiger partial charge in [0.05, 0.1) is 13.2 Å². The first-order valence-corrected chi connectivity index (χ1v) is 14.5. The first-order chi connectivity index (χ1) is 15.7. The van der Waals surface area contributed by atoms with Gasteiger partial charge in [-0.15, -0.1) is 0 Å². The number of aliphatic hydroxyl groups is 1. The molecule has 3 nitrogen and oxygen atoms in total. The van der Waals surface area contributed by atoms with Crippen LogP contribution in [0.2, 0.25) is 0 Å². The Morgan fingerprint density at radius 1 is 0.562 bits per heavy atom. The highest BCUT2D eigenvalue weighted by Gasteiger charge is 2.06. The van der Waals surface area contributed by atoms with E-state index in [1.807, 2.05) is 0 Å². The number of rotatable bonds is 26. The summed E-state index contributed by atoms with van der Waals surface area (Å²) in [6.45, 7) is 2.29. The lowest BCUT2D eigenvalue weighted by Crippen LogP contribution is -2.08. The molecule has 0 radical (unpaired) electrons. The number of methoxy groups -OCH3 is 1. The van der Waals surface area contributed by atoms with Gasteiger partial charge in [0.15, 0.2) is 0 Å². The van der Waals surface area contributed by atoms with Crippen molar-refractivity contribution in [2.75, 3.05) is 7.11 Å². The highest BCUT2D eigenvalue weighted by Crippen LogP contribution is 2.16. The third kappa shape index (κ3) is 25.7. The van der Waals surface area contributed by atoms with Gasteiger partial charge >= 0.3 is 5.97 Å². The van der Waals surface area contributed by atoms with Crippen LogP contribution in [0, 0.1) is 0 Å². The maximum absolute atomic E-state index is 11.0. The molecule has 3 heteroatoms. The second-order valence-corrected chi connectivity index (χ2v) is 9.98. The van der Waals surface area contributed by atoms with E-state index in [1.165, 1.54) is 136 Å². The minimum atomic E-state index is -0.250. The van der Waals surface area contributed by atoms with Gasteiger partial charge in [-0.2, -0.15) is 0 Å². The Morgan fingerprint density at radius 2 is 0.875 bits per heavy atom. The van der Waals surface area contributed by atoms with Crippen LogP contribution in [0.1, 0.15) is 167 Å². The van der Waals surface area contributed by atoms with Crippen LogP contribution in [-0.2, 0) is 9.53 Å². The van der Waals surface area contributed by atoms with Gasteiger partial charge in [0.1, 0.15) is 0 Å². The standard InChI is InChI=1S/C29H58O3/c1-3-4-5-6-7-8-9-10-11-12-13-14-15-16-17-18-19-20-21-22-23-25-28(30)26-24-27-29(31)32-2/h28,30H,3-27H2,1-2H3/t28-/m0/s1. The zero-order chi connectivity index (χ0) is 23.5. The fraction of sp³-hybridized carbons (Fsp3) is 0.966. The molecule has 0 aromatic carbocycles. The van der Waals surface area contributed by atoms with Crippen LogP contribution >= 0.6 is 0 Å². The van der Waals surface area contributed by atoms with Crippen LogP contribution in [0.3, 0.4) is 0 Å². The summed E-state index contributed by atoms with van der Waals surface area (Å²) in [6.07, 6.45) is 31.9. The average molecular weight is 455 g/mol. The third-order valence-electron chi connectivity index (χ3n) is 6.79. The number of ether oxygens (including phenoxy) is 1. The van der Waals surface area contributed by atoms with Gasteiger partial charge in [-0.1, -0.05) is 142 Å². The summed E-state index contributed by atoms with van der Waals surface area (Å²) in [5.41, 5.74) is 0.